The number of hydrogen-bond donors (Lipinski definition) is 1. The van der Waals surface area contributed by atoms with Crippen molar-refractivity contribution in [3.63, 3.8) is 0 Å². The van der Waals surface area contributed by atoms with Crippen molar-refractivity contribution in [2.75, 3.05) is 11.9 Å². The van der Waals surface area contributed by atoms with Gasteiger partial charge in [-0.05, 0) is 31.4 Å². The molecule has 1 fully saturated rings. The lowest BCUT2D eigenvalue weighted by molar-refractivity contribution is 0.00926. The lowest BCUT2D eigenvalue weighted by Gasteiger charge is -2.30. The molecule has 15 heavy (non-hydrogen) atoms. The number of nitrogens with one attached hydrogen (secondary N) is 1. The van der Waals surface area contributed by atoms with E-state index in [0.29, 0.717) is 12.1 Å². The monoisotopic (exact) mass is 205 g/mol. The van der Waals surface area contributed by atoms with Gasteiger partial charge in [-0.25, -0.2) is 0 Å². The van der Waals surface area contributed by atoms with E-state index in [2.05, 4.69) is 36.5 Å². The number of ether oxygens (including phenoxy) is 1. The molecule has 2 unspecified atom stereocenters. The minimum Gasteiger partial charge on any atom is -0.382 e. The molecular formula is C13H19NO. The summed E-state index contributed by atoms with van der Waals surface area (Å²) in [6.45, 7) is 3.08. The smallest absolute Gasteiger partial charge is 0.0592 e. The first-order valence-corrected chi connectivity index (χ1v) is 5.81. The van der Waals surface area contributed by atoms with Crippen molar-refractivity contribution in [1.82, 2.24) is 0 Å². The Morgan fingerprint density at radius 2 is 2.13 bits per heavy atom. The standard InChI is InChI=1S/C13H19NO/c1-2-13-10-12(8-9-15-13)14-11-6-4-3-5-7-11/h3-7,12-14H,2,8-10H2,1H3. The van der Waals surface area contributed by atoms with Crippen LogP contribution in [0.2, 0.25) is 0 Å². The van der Waals surface area contributed by atoms with E-state index in [-0.39, 0.29) is 0 Å². The third-order valence-corrected chi connectivity index (χ3v) is 2.97. The van der Waals surface area contributed by atoms with Gasteiger partial charge in [0.25, 0.3) is 0 Å². The van der Waals surface area contributed by atoms with Gasteiger partial charge in [0, 0.05) is 18.3 Å². The molecule has 1 N–H and O–H groups in total. The molecule has 1 aliphatic heterocycles. The van der Waals surface area contributed by atoms with E-state index < -0.39 is 0 Å². The summed E-state index contributed by atoms with van der Waals surface area (Å²) >= 11 is 0. The van der Waals surface area contributed by atoms with Crippen molar-refractivity contribution in [3.8, 4) is 0 Å². The first-order valence-electron chi connectivity index (χ1n) is 5.81. The molecule has 1 aliphatic rings. The predicted octanol–water partition coefficient (Wildman–Crippen LogP) is 3.06. The summed E-state index contributed by atoms with van der Waals surface area (Å²) in [5.74, 6) is 0. The van der Waals surface area contributed by atoms with Crippen LogP contribution in [0.4, 0.5) is 5.69 Å². The number of hydrogen-bond acceptors (Lipinski definition) is 2. The molecule has 1 heterocycles. The molecule has 82 valence electrons. The second kappa shape index (κ2) is 5.17. The van der Waals surface area contributed by atoms with E-state index in [9.17, 15) is 0 Å². The third-order valence-electron chi connectivity index (χ3n) is 2.97. The average molecular weight is 205 g/mol. The van der Waals surface area contributed by atoms with Gasteiger partial charge in [-0.3, -0.25) is 0 Å². The summed E-state index contributed by atoms with van der Waals surface area (Å²) in [7, 11) is 0. The molecule has 0 radical (unpaired) electrons. The van der Waals surface area contributed by atoms with Crippen molar-refractivity contribution < 1.29 is 4.74 Å². The Hall–Kier alpha value is -1.02. The van der Waals surface area contributed by atoms with Crippen LogP contribution in [0, 0.1) is 0 Å². The molecule has 2 heteroatoms. The molecule has 1 aromatic rings. The predicted molar refractivity (Wildman–Crippen MR) is 63.1 cm³/mol. The summed E-state index contributed by atoms with van der Waals surface area (Å²) in [5.41, 5.74) is 1.22. The van der Waals surface area contributed by atoms with Crippen LogP contribution in [0.5, 0.6) is 0 Å². The highest BCUT2D eigenvalue weighted by Crippen LogP contribution is 2.20. The van der Waals surface area contributed by atoms with E-state index in [4.69, 9.17) is 4.74 Å². The zero-order valence-corrected chi connectivity index (χ0v) is 9.28. The second-order valence-electron chi connectivity index (χ2n) is 4.13. The summed E-state index contributed by atoms with van der Waals surface area (Å²) in [6.07, 6.45) is 3.81. The van der Waals surface area contributed by atoms with Gasteiger partial charge in [-0.15, -0.1) is 0 Å². The molecular weight excluding hydrogens is 186 g/mol. The van der Waals surface area contributed by atoms with Crippen molar-refractivity contribution in [2.24, 2.45) is 0 Å². The van der Waals surface area contributed by atoms with Crippen LogP contribution in [0.15, 0.2) is 30.3 Å². The van der Waals surface area contributed by atoms with E-state index in [0.717, 1.165) is 25.9 Å². The number of benzene rings is 1. The normalized spacial score (nSPS) is 26.2. The maximum atomic E-state index is 5.66. The molecule has 0 saturated carbocycles. The van der Waals surface area contributed by atoms with Crippen LogP contribution in [-0.2, 0) is 4.74 Å². The number of anilines is 1. The Kier molecular flexibility index (Phi) is 3.62. The summed E-state index contributed by atoms with van der Waals surface area (Å²) in [4.78, 5) is 0. The fraction of sp³-hybridized carbons (Fsp3) is 0.538. The van der Waals surface area contributed by atoms with E-state index in [1.54, 1.807) is 0 Å². The molecule has 2 rings (SSSR count). The lowest BCUT2D eigenvalue weighted by atomic mass is 10.0. The van der Waals surface area contributed by atoms with Gasteiger partial charge in [0.1, 0.15) is 0 Å². The average Bonchev–Trinajstić information content (AvgIpc) is 2.31. The Labute approximate surface area is 91.6 Å². The van der Waals surface area contributed by atoms with Crippen molar-refractivity contribution in [2.45, 2.75) is 38.3 Å². The van der Waals surface area contributed by atoms with Crippen LogP contribution >= 0.6 is 0 Å². The second-order valence-corrected chi connectivity index (χ2v) is 4.13. The van der Waals surface area contributed by atoms with Crippen LogP contribution in [0.3, 0.4) is 0 Å². The maximum Gasteiger partial charge on any atom is 0.0592 e. The highest BCUT2D eigenvalue weighted by atomic mass is 16.5. The Morgan fingerprint density at radius 1 is 1.33 bits per heavy atom. The largest absolute Gasteiger partial charge is 0.382 e. The molecule has 0 spiro atoms. The van der Waals surface area contributed by atoms with Crippen LogP contribution in [0.1, 0.15) is 26.2 Å². The van der Waals surface area contributed by atoms with Crippen molar-refractivity contribution in [3.05, 3.63) is 30.3 Å². The van der Waals surface area contributed by atoms with E-state index in [1.165, 1.54) is 5.69 Å². The zero-order valence-electron chi connectivity index (χ0n) is 9.28. The zero-order chi connectivity index (χ0) is 10.5. The van der Waals surface area contributed by atoms with Gasteiger partial charge >= 0.3 is 0 Å². The van der Waals surface area contributed by atoms with Gasteiger partial charge < -0.3 is 10.1 Å². The quantitative estimate of drug-likeness (QED) is 0.819. The molecule has 0 amide bonds. The van der Waals surface area contributed by atoms with Crippen LogP contribution in [0.25, 0.3) is 0 Å². The summed E-state index contributed by atoms with van der Waals surface area (Å²) in [6, 6.07) is 11.0. The highest BCUT2D eigenvalue weighted by molar-refractivity contribution is 5.43. The molecule has 0 aliphatic carbocycles. The number of rotatable bonds is 3. The van der Waals surface area contributed by atoms with E-state index >= 15 is 0 Å². The minimum absolute atomic E-state index is 0.444. The lowest BCUT2D eigenvalue weighted by Crippen LogP contribution is -2.33. The SMILES string of the molecule is CCC1CC(Nc2ccccc2)CCO1. The van der Waals surface area contributed by atoms with Gasteiger partial charge in [-0.2, -0.15) is 0 Å². The number of para-hydroxylation sites is 1. The third kappa shape index (κ3) is 2.96. The molecule has 0 aromatic heterocycles. The Bertz CT molecular complexity index is 286. The summed E-state index contributed by atoms with van der Waals surface area (Å²) in [5, 5.41) is 3.57. The van der Waals surface area contributed by atoms with Gasteiger partial charge in [-0.1, -0.05) is 25.1 Å². The Balaban J connectivity index is 1.89. The van der Waals surface area contributed by atoms with Gasteiger partial charge in [0.15, 0.2) is 0 Å². The highest BCUT2D eigenvalue weighted by Gasteiger charge is 2.20. The molecule has 2 atom stereocenters. The maximum absolute atomic E-state index is 5.66. The first kappa shape index (κ1) is 10.5. The first-order chi connectivity index (χ1) is 7.38. The molecule has 1 saturated heterocycles. The summed E-state index contributed by atoms with van der Waals surface area (Å²) < 4.78 is 5.66. The topological polar surface area (TPSA) is 21.3 Å². The minimum atomic E-state index is 0.444. The molecule has 0 bridgehead atoms. The fourth-order valence-electron chi connectivity index (χ4n) is 2.07. The molecule has 1 aromatic carbocycles. The molecule has 2 nitrogen and oxygen atoms in total. The van der Waals surface area contributed by atoms with E-state index in [1.807, 2.05) is 6.07 Å². The van der Waals surface area contributed by atoms with Gasteiger partial charge in [0.2, 0.25) is 0 Å². The van der Waals surface area contributed by atoms with Crippen molar-refractivity contribution >= 4 is 5.69 Å². The Morgan fingerprint density at radius 3 is 2.87 bits per heavy atom. The van der Waals surface area contributed by atoms with Crippen molar-refractivity contribution in [1.29, 1.82) is 0 Å². The van der Waals surface area contributed by atoms with Crippen LogP contribution in [-0.4, -0.2) is 18.8 Å². The fourth-order valence-corrected chi connectivity index (χ4v) is 2.07. The van der Waals surface area contributed by atoms with Gasteiger partial charge in [0.05, 0.1) is 6.10 Å². The van der Waals surface area contributed by atoms with Crippen LogP contribution < -0.4 is 5.32 Å².